The molecule has 1 aliphatic rings. The van der Waals surface area contributed by atoms with Crippen LogP contribution in [0.25, 0.3) is 0 Å². The third-order valence-electron chi connectivity index (χ3n) is 2.36. The number of carbonyl (C=O) groups is 1. The summed E-state index contributed by atoms with van der Waals surface area (Å²) in [5.41, 5.74) is 0. The van der Waals surface area contributed by atoms with Crippen LogP contribution >= 0.6 is 0 Å². The molecule has 78 valence electrons. The number of rotatable bonds is 2. The Morgan fingerprint density at radius 3 is 2.31 bits per heavy atom. The lowest BCUT2D eigenvalue weighted by atomic mass is 10.3. The molecule has 1 unspecified atom stereocenters. The van der Waals surface area contributed by atoms with Crippen molar-refractivity contribution < 1.29 is 4.79 Å². The lowest BCUT2D eigenvalue weighted by Gasteiger charge is -2.19. The van der Waals surface area contributed by atoms with E-state index in [2.05, 4.69) is 31.1 Å². The molecule has 3 heteroatoms. The number of likely N-dealkylation sites (N-methyl/N-ethyl adjacent to an activating group) is 1. The van der Waals surface area contributed by atoms with Crippen molar-refractivity contribution in [3.05, 3.63) is 0 Å². The molecule has 3 nitrogen and oxygen atoms in total. The number of hydrogen-bond acceptors (Lipinski definition) is 3. The summed E-state index contributed by atoms with van der Waals surface area (Å²) >= 11 is 0. The fourth-order valence-corrected chi connectivity index (χ4v) is 1.49. The summed E-state index contributed by atoms with van der Waals surface area (Å²) in [7, 11) is 2.05. The minimum absolute atomic E-state index is 0.721. The summed E-state index contributed by atoms with van der Waals surface area (Å²) in [4.78, 5) is 11.3. The monoisotopic (exact) mass is 186 g/mol. The van der Waals surface area contributed by atoms with Gasteiger partial charge >= 0.3 is 0 Å². The van der Waals surface area contributed by atoms with Crippen molar-refractivity contribution in [2.75, 3.05) is 20.1 Å². The number of carbonyl (C=O) groups excluding carboxylic acids is 1. The zero-order chi connectivity index (χ0) is 10.3. The average molecular weight is 186 g/mol. The van der Waals surface area contributed by atoms with Crippen LogP contribution in [0.4, 0.5) is 0 Å². The highest BCUT2D eigenvalue weighted by Crippen LogP contribution is 2.11. The van der Waals surface area contributed by atoms with Crippen LogP contribution in [0.3, 0.4) is 0 Å². The smallest absolute Gasteiger partial charge is 0.116 e. The molecule has 13 heavy (non-hydrogen) atoms. The minimum atomic E-state index is 0.721. The van der Waals surface area contributed by atoms with E-state index in [1.165, 1.54) is 26.4 Å². The lowest BCUT2D eigenvalue weighted by molar-refractivity contribution is -0.106. The Labute approximate surface area is 81.5 Å². The number of nitrogens with one attached hydrogen (secondary N) is 1. The van der Waals surface area contributed by atoms with Crippen LogP contribution in [0.2, 0.25) is 0 Å². The van der Waals surface area contributed by atoms with Crippen LogP contribution in [-0.4, -0.2) is 43.4 Å². The van der Waals surface area contributed by atoms with Gasteiger partial charge in [-0.2, -0.15) is 0 Å². The number of likely N-dealkylation sites (tertiary alicyclic amines) is 1. The molecular formula is C10H22N2O. The Morgan fingerprint density at radius 1 is 1.54 bits per heavy atom. The van der Waals surface area contributed by atoms with Gasteiger partial charge in [0.15, 0.2) is 0 Å². The van der Waals surface area contributed by atoms with Crippen LogP contribution in [0.15, 0.2) is 0 Å². The molecule has 0 aromatic heterocycles. The molecule has 1 saturated heterocycles. The van der Waals surface area contributed by atoms with Crippen molar-refractivity contribution in [1.82, 2.24) is 10.2 Å². The first-order valence-corrected chi connectivity index (χ1v) is 4.96. The Bertz CT molecular complexity index is 137. The summed E-state index contributed by atoms with van der Waals surface area (Å²) in [5, 5.41) is 3.31. The zero-order valence-electron chi connectivity index (χ0n) is 9.21. The van der Waals surface area contributed by atoms with Crippen molar-refractivity contribution in [2.24, 2.45) is 0 Å². The second-order valence-electron chi connectivity index (χ2n) is 3.60. The van der Waals surface area contributed by atoms with E-state index in [1.807, 2.05) is 0 Å². The largest absolute Gasteiger partial charge is 0.316 e. The first kappa shape index (κ1) is 12.6. The van der Waals surface area contributed by atoms with E-state index in [9.17, 15) is 0 Å². The predicted octanol–water partition coefficient (Wildman–Crippen LogP) is 0.894. The van der Waals surface area contributed by atoms with Crippen molar-refractivity contribution >= 4 is 6.29 Å². The van der Waals surface area contributed by atoms with Gasteiger partial charge < -0.3 is 10.1 Å². The summed E-state index contributed by atoms with van der Waals surface area (Å²) in [5.74, 6) is 0. The summed E-state index contributed by atoms with van der Waals surface area (Å²) in [6.07, 6.45) is 2.06. The molecular weight excluding hydrogens is 164 g/mol. The predicted molar refractivity (Wildman–Crippen MR) is 55.9 cm³/mol. The molecule has 0 aromatic carbocycles. The third-order valence-corrected chi connectivity index (χ3v) is 2.36. The normalized spacial score (nSPS) is 22.7. The van der Waals surface area contributed by atoms with E-state index in [4.69, 9.17) is 4.79 Å². The van der Waals surface area contributed by atoms with Gasteiger partial charge in [0.25, 0.3) is 0 Å². The maximum absolute atomic E-state index is 8.81. The van der Waals surface area contributed by atoms with Gasteiger partial charge in [-0.25, -0.2) is 0 Å². The summed E-state index contributed by atoms with van der Waals surface area (Å²) < 4.78 is 0. The molecule has 0 aliphatic carbocycles. The lowest BCUT2D eigenvalue weighted by Crippen LogP contribution is -2.33. The second-order valence-corrected chi connectivity index (χ2v) is 3.60. The standard InChI is InChI=1S/C8H18N2.C2H4O/c1-7(2)10-5-4-8(6-10)9-3;1-2-3/h7-9H,4-6H2,1-3H3;2H,1H3. The molecule has 0 amide bonds. The van der Waals surface area contributed by atoms with Crippen LogP contribution in [0.1, 0.15) is 27.2 Å². The summed E-state index contributed by atoms with van der Waals surface area (Å²) in [6, 6.07) is 1.46. The van der Waals surface area contributed by atoms with Crippen molar-refractivity contribution in [1.29, 1.82) is 0 Å². The molecule has 1 N–H and O–H groups in total. The van der Waals surface area contributed by atoms with Gasteiger partial charge in [-0.3, -0.25) is 4.90 Å². The molecule has 0 aromatic rings. The van der Waals surface area contributed by atoms with Gasteiger partial charge in [0, 0.05) is 18.6 Å². The van der Waals surface area contributed by atoms with Gasteiger partial charge in [-0.1, -0.05) is 0 Å². The van der Waals surface area contributed by atoms with Gasteiger partial charge in [0.05, 0.1) is 0 Å². The first-order chi connectivity index (χ1) is 6.15. The molecule has 0 saturated carbocycles. The zero-order valence-corrected chi connectivity index (χ0v) is 9.21. The highest BCUT2D eigenvalue weighted by atomic mass is 16.1. The molecule has 1 heterocycles. The topological polar surface area (TPSA) is 32.3 Å². The third kappa shape index (κ3) is 5.01. The van der Waals surface area contributed by atoms with Gasteiger partial charge in [0.2, 0.25) is 0 Å². The van der Waals surface area contributed by atoms with Gasteiger partial charge in [-0.15, -0.1) is 0 Å². The fraction of sp³-hybridized carbons (Fsp3) is 0.900. The summed E-state index contributed by atoms with van der Waals surface area (Å²) in [6.45, 7) is 8.47. The average Bonchev–Trinajstić information content (AvgIpc) is 2.53. The maximum atomic E-state index is 8.81. The quantitative estimate of drug-likeness (QED) is 0.650. The molecule has 0 spiro atoms. The molecule has 1 fully saturated rings. The van der Waals surface area contributed by atoms with E-state index in [1.54, 1.807) is 0 Å². The van der Waals surface area contributed by atoms with E-state index in [0.29, 0.717) is 0 Å². The van der Waals surface area contributed by atoms with Crippen molar-refractivity contribution in [3.8, 4) is 0 Å². The Morgan fingerprint density at radius 2 is 2.08 bits per heavy atom. The Kier molecular flexibility index (Phi) is 6.82. The highest BCUT2D eigenvalue weighted by Gasteiger charge is 2.21. The van der Waals surface area contributed by atoms with Crippen LogP contribution in [0, 0.1) is 0 Å². The van der Waals surface area contributed by atoms with E-state index >= 15 is 0 Å². The van der Waals surface area contributed by atoms with Gasteiger partial charge in [0.1, 0.15) is 6.29 Å². The molecule has 0 bridgehead atoms. The Balaban J connectivity index is 0.000000424. The maximum Gasteiger partial charge on any atom is 0.116 e. The van der Waals surface area contributed by atoms with Crippen LogP contribution in [0.5, 0.6) is 0 Å². The number of aldehydes is 1. The first-order valence-electron chi connectivity index (χ1n) is 4.96. The number of nitrogens with zero attached hydrogens (tertiary/aromatic N) is 1. The van der Waals surface area contributed by atoms with E-state index in [0.717, 1.165) is 18.4 Å². The molecule has 0 radical (unpaired) electrons. The van der Waals surface area contributed by atoms with Crippen molar-refractivity contribution in [2.45, 2.75) is 39.3 Å². The van der Waals surface area contributed by atoms with Crippen LogP contribution in [-0.2, 0) is 4.79 Å². The second kappa shape index (κ2) is 7.04. The fourth-order valence-electron chi connectivity index (χ4n) is 1.49. The number of hydrogen-bond donors (Lipinski definition) is 1. The van der Waals surface area contributed by atoms with E-state index < -0.39 is 0 Å². The van der Waals surface area contributed by atoms with Crippen LogP contribution < -0.4 is 5.32 Å². The van der Waals surface area contributed by atoms with E-state index in [-0.39, 0.29) is 0 Å². The SMILES string of the molecule is CC=O.CNC1CCN(C(C)C)C1. The van der Waals surface area contributed by atoms with Gasteiger partial charge in [-0.05, 0) is 40.8 Å². The molecule has 1 rings (SSSR count). The Hall–Kier alpha value is -0.410. The molecule has 1 atom stereocenters. The van der Waals surface area contributed by atoms with Crippen molar-refractivity contribution in [3.63, 3.8) is 0 Å². The minimum Gasteiger partial charge on any atom is -0.316 e. The highest BCUT2D eigenvalue weighted by molar-refractivity contribution is 5.44. The molecule has 1 aliphatic heterocycles.